The summed E-state index contributed by atoms with van der Waals surface area (Å²) in [6, 6.07) is 0. The molecule has 0 bridgehead atoms. The van der Waals surface area contributed by atoms with Crippen LogP contribution in [0.3, 0.4) is 0 Å². The molecule has 0 rings (SSSR count). The van der Waals surface area contributed by atoms with Crippen molar-refractivity contribution in [3.05, 3.63) is 0 Å². The third-order valence-electron chi connectivity index (χ3n) is 5.38. The van der Waals surface area contributed by atoms with E-state index in [9.17, 15) is 0 Å². The monoisotopic (exact) mass is 324 g/mol. The molecule has 0 heteroatoms. The second-order valence-electron chi connectivity index (χ2n) is 7.83. The van der Waals surface area contributed by atoms with E-state index in [-0.39, 0.29) is 0 Å². The Hall–Kier alpha value is 0. The molecule has 0 nitrogen and oxygen atoms in total. The predicted molar refractivity (Wildman–Crippen MR) is 108 cm³/mol. The minimum absolute atomic E-state index is 1.04. The molecule has 1 unspecified atom stereocenters. The van der Waals surface area contributed by atoms with Gasteiger partial charge in [0.1, 0.15) is 0 Å². The number of rotatable bonds is 19. The van der Waals surface area contributed by atoms with Crippen molar-refractivity contribution < 1.29 is 0 Å². The molecule has 1 atom stereocenters. The van der Waals surface area contributed by atoms with Gasteiger partial charge in [0.05, 0.1) is 0 Å². The maximum Gasteiger partial charge on any atom is -0.0414 e. The van der Waals surface area contributed by atoms with Crippen LogP contribution in [0.4, 0.5) is 0 Å². The van der Waals surface area contributed by atoms with Crippen LogP contribution in [0.5, 0.6) is 0 Å². The van der Waals surface area contributed by atoms with Gasteiger partial charge in [-0.1, -0.05) is 143 Å². The highest BCUT2D eigenvalue weighted by Gasteiger charge is 2.07. The van der Waals surface area contributed by atoms with E-state index < -0.39 is 0 Å². The molecule has 0 aliphatic carbocycles. The molecule has 23 heavy (non-hydrogen) atoms. The van der Waals surface area contributed by atoms with Crippen molar-refractivity contribution >= 4 is 0 Å². The smallest absolute Gasteiger partial charge is 0.0414 e. The summed E-state index contributed by atoms with van der Waals surface area (Å²) in [6.07, 6.45) is 27.8. The Morgan fingerprint density at radius 2 is 0.696 bits per heavy atom. The second kappa shape index (κ2) is 20.0. The van der Waals surface area contributed by atoms with Crippen molar-refractivity contribution in [3.8, 4) is 0 Å². The van der Waals surface area contributed by atoms with Crippen LogP contribution in [0.15, 0.2) is 0 Å². The highest BCUT2D eigenvalue weighted by Crippen LogP contribution is 2.22. The molecule has 0 radical (unpaired) electrons. The average Bonchev–Trinajstić information content (AvgIpc) is 2.56. The van der Waals surface area contributed by atoms with Gasteiger partial charge in [-0.2, -0.15) is 0 Å². The van der Waals surface area contributed by atoms with Crippen molar-refractivity contribution in [1.82, 2.24) is 0 Å². The zero-order valence-corrected chi connectivity index (χ0v) is 17.0. The molecule has 0 N–H and O–H groups in total. The first-order chi connectivity index (χ1) is 11.3. The summed E-state index contributed by atoms with van der Waals surface area (Å²) in [7, 11) is 0. The standard InChI is InChI=1S/C23H48/c1-4-7-9-10-11-12-13-14-15-16-17-19-22-23(20-6-3)21-18-8-5-2/h23H,4-22H2,1-3H3. The molecular formula is C23H48. The summed E-state index contributed by atoms with van der Waals surface area (Å²) in [5, 5.41) is 0. The van der Waals surface area contributed by atoms with Gasteiger partial charge in [0, 0.05) is 0 Å². The highest BCUT2D eigenvalue weighted by atomic mass is 14.1. The summed E-state index contributed by atoms with van der Waals surface area (Å²) in [4.78, 5) is 0. The molecule has 0 aromatic heterocycles. The lowest BCUT2D eigenvalue weighted by Gasteiger charge is -2.15. The van der Waals surface area contributed by atoms with Crippen LogP contribution in [0.2, 0.25) is 0 Å². The molecule has 0 aromatic rings. The Bertz CT molecular complexity index is 196. The zero-order chi connectivity index (χ0) is 17.0. The predicted octanol–water partition coefficient (Wildman–Crippen LogP) is 9.07. The fourth-order valence-electron chi connectivity index (χ4n) is 3.80. The quantitative estimate of drug-likeness (QED) is 0.208. The molecule has 0 saturated carbocycles. The zero-order valence-electron chi connectivity index (χ0n) is 17.0. The van der Waals surface area contributed by atoms with Gasteiger partial charge in [0.15, 0.2) is 0 Å². The van der Waals surface area contributed by atoms with Crippen molar-refractivity contribution in [2.45, 2.75) is 143 Å². The van der Waals surface area contributed by atoms with Crippen LogP contribution in [-0.2, 0) is 0 Å². The van der Waals surface area contributed by atoms with E-state index in [1.54, 1.807) is 0 Å². The Morgan fingerprint density at radius 1 is 0.348 bits per heavy atom. The minimum atomic E-state index is 1.04. The lowest BCUT2D eigenvalue weighted by Crippen LogP contribution is -2.00. The van der Waals surface area contributed by atoms with E-state index in [0.717, 1.165) is 5.92 Å². The van der Waals surface area contributed by atoms with Crippen LogP contribution in [0, 0.1) is 5.92 Å². The molecule has 0 amide bonds. The van der Waals surface area contributed by atoms with Gasteiger partial charge in [-0.3, -0.25) is 0 Å². The first-order valence-electron chi connectivity index (χ1n) is 11.3. The van der Waals surface area contributed by atoms with E-state index in [1.807, 2.05) is 0 Å². The van der Waals surface area contributed by atoms with E-state index in [2.05, 4.69) is 20.8 Å². The maximum absolute atomic E-state index is 2.36. The largest absolute Gasteiger partial charge is 0.0654 e. The molecule has 0 heterocycles. The first kappa shape index (κ1) is 23.0. The molecule has 0 aliphatic heterocycles. The van der Waals surface area contributed by atoms with E-state index in [0.29, 0.717) is 0 Å². The number of hydrogen-bond donors (Lipinski definition) is 0. The fraction of sp³-hybridized carbons (Fsp3) is 1.00. The Kier molecular flexibility index (Phi) is 20.0. The molecule has 0 aliphatic rings. The van der Waals surface area contributed by atoms with Crippen LogP contribution in [-0.4, -0.2) is 0 Å². The van der Waals surface area contributed by atoms with Gasteiger partial charge in [0.2, 0.25) is 0 Å². The Labute approximate surface area is 149 Å². The minimum Gasteiger partial charge on any atom is -0.0654 e. The molecule has 0 aromatic carbocycles. The van der Waals surface area contributed by atoms with Gasteiger partial charge in [0.25, 0.3) is 0 Å². The second-order valence-corrected chi connectivity index (χ2v) is 7.83. The number of hydrogen-bond acceptors (Lipinski definition) is 0. The van der Waals surface area contributed by atoms with Gasteiger partial charge < -0.3 is 0 Å². The van der Waals surface area contributed by atoms with Crippen LogP contribution < -0.4 is 0 Å². The normalized spacial score (nSPS) is 12.7. The first-order valence-corrected chi connectivity index (χ1v) is 11.3. The lowest BCUT2D eigenvalue weighted by molar-refractivity contribution is 0.379. The highest BCUT2D eigenvalue weighted by molar-refractivity contribution is 4.60. The van der Waals surface area contributed by atoms with Crippen molar-refractivity contribution in [3.63, 3.8) is 0 Å². The molecule has 0 fully saturated rings. The summed E-state index contributed by atoms with van der Waals surface area (Å²) in [6.45, 7) is 6.98. The Balaban J connectivity index is 3.28. The fourth-order valence-corrected chi connectivity index (χ4v) is 3.80. The van der Waals surface area contributed by atoms with E-state index in [1.165, 1.54) is 122 Å². The van der Waals surface area contributed by atoms with E-state index >= 15 is 0 Å². The van der Waals surface area contributed by atoms with E-state index in [4.69, 9.17) is 0 Å². The molecule has 140 valence electrons. The average molecular weight is 325 g/mol. The maximum atomic E-state index is 2.36. The third kappa shape index (κ3) is 18.2. The summed E-state index contributed by atoms with van der Waals surface area (Å²) in [5.74, 6) is 1.04. The summed E-state index contributed by atoms with van der Waals surface area (Å²) >= 11 is 0. The van der Waals surface area contributed by atoms with Gasteiger partial charge >= 0.3 is 0 Å². The molecule has 0 saturated heterocycles. The van der Waals surface area contributed by atoms with Gasteiger partial charge in [-0.25, -0.2) is 0 Å². The van der Waals surface area contributed by atoms with Crippen molar-refractivity contribution in [2.24, 2.45) is 5.92 Å². The van der Waals surface area contributed by atoms with Gasteiger partial charge in [-0.15, -0.1) is 0 Å². The SMILES string of the molecule is CCCCCCCCCCCCCCC(CCC)CCCCC. The van der Waals surface area contributed by atoms with Crippen molar-refractivity contribution in [1.29, 1.82) is 0 Å². The molecular weight excluding hydrogens is 276 g/mol. The van der Waals surface area contributed by atoms with Crippen LogP contribution in [0.25, 0.3) is 0 Å². The third-order valence-corrected chi connectivity index (χ3v) is 5.38. The summed E-state index contributed by atoms with van der Waals surface area (Å²) in [5.41, 5.74) is 0. The van der Waals surface area contributed by atoms with Crippen LogP contribution >= 0.6 is 0 Å². The number of unbranched alkanes of at least 4 members (excludes halogenated alkanes) is 13. The van der Waals surface area contributed by atoms with Gasteiger partial charge in [-0.05, 0) is 5.92 Å². The topological polar surface area (TPSA) is 0 Å². The summed E-state index contributed by atoms with van der Waals surface area (Å²) < 4.78 is 0. The van der Waals surface area contributed by atoms with Crippen molar-refractivity contribution in [2.75, 3.05) is 0 Å². The molecule has 0 spiro atoms. The lowest BCUT2D eigenvalue weighted by atomic mass is 9.91. The Morgan fingerprint density at radius 3 is 1.13 bits per heavy atom. The van der Waals surface area contributed by atoms with Crippen LogP contribution in [0.1, 0.15) is 143 Å².